The SMILES string of the molecule is COC(=O)c1ccc(/C=C/C(=O)c2cccc(F)c2)o1. The molecule has 20 heavy (non-hydrogen) atoms. The fourth-order valence-electron chi connectivity index (χ4n) is 1.55. The summed E-state index contributed by atoms with van der Waals surface area (Å²) in [5.41, 5.74) is 0.237. The summed E-state index contributed by atoms with van der Waals surface area (Å²) in [7, 11) is 1.24. The summed E-state index contributed by atoms with van der Waals surface area (Å²) >= 11 is 0. The second-order valence-corrected chi connectivity index (χ2v) is 3.90. The molecular weight excluding hydrogens is 263 g/mol. The third-order valence-corrected chi connectivity index (χ3v) is 2.52. The quantitative estimate of drug-likeness (QED) is 0.488. The minimum Gasteiger partial charge on any atom is -0.463 e. The standard InChI is InChI=1S/C15H11FO4/c1-19-15(18)14-8-6-12(20-14)5-7-13(17)10-3-2-4-11(16)9-10/h2-9H,1H3/b7-5+. The average Bonchev–Trinajstić information content (AvgIpc) is 2.92. The number of methoxy groups -OCH3 is 1. The third-order valence-electron chi connectivity index (χ3n) is 2.52. The Bertz CT molecular complexity index is 670. The first-order chi connectivity index (χ1) is 9.60. The van der Waals surface area contributed by atoms with Crippen molar-refractivity contribution in [1.29, 1.82) is 0 Å². The van der Waals surface area contributed by atoms with Gasteiger partial charge in [0.1, 0.15) is 11.6 Å². The highest BCUT2D eigenvalue weighted by Crippen LogP contribution is 2.12. The van der Waals surface area contributed by atoms with Crippen molar-refractivity contribution in [2.75, 3.05) is 7.11 Å². The van der Waals surface area contributed by atoms with Crippen LogP contribution in [0.3, 0.4) is 0 Å². The van der Waals surface area contributed by atoms with Gasteiger partial charge in [-0.25, -0.2) is 9.18 Å². The molecule has 0 unspecified atom stereocenters. The summed E-state index contributed by atoms with van der Waals surface area (Å²) in [5, 5.41) is 0. The second kappa shape index (κ2) is 5.97. The van der Waals surface area contributed by atoms with Crippen LogP contribution in [0, 0.1) is 5.82 Å². The van der Waals surface area contributed by atoms with Crippen molar-refractivity contribution in [3.8, 4) is 0 Å². The van der Waals surface area contributed by atoms with Crippen molar-refractivity contribution >= 4 is 17.8 Å². The average molecular weight is 274 g/mol. The zero-order valence-corrected chi connectivity index (χ0v) is 10.6. The molecule has 5 heteroatoms. The van der Waals surface area contributed by atoms with Crippen molar-refractivity contribution in [3.05, 3.63) is 65.4 Å². The molecule has 0 bridgehead atoms. The van der Waals surface area contributed by atoms with Gasteiger partial charge in [0.2, 0.25) is 5.76 Å². The number of benzene rings is 1. The molecular formula is C15H11FO4. The molecule has 1 aromatic heterocycles. The van der Waals surface area contributed by atoms with Gasteiger partial charge >= 0.3 is 5.97 Å². The molecule has 2 aromatic rings. The molecule has 1 aromatic carbocycles. The maximum Gasteiger partial charge on any atom is 0.373 e. The normalized spacial score (nSPS) is 10.7. The van der Waals surface area contributed by atoms with Gasteiger partial charge in [-0.2, -0.15) is 0 Å². The molecule has 0 radical (unpaired) electrons. The molecule has 0 saturated carbocycles. The molecule has 0 fully saturated rings. The number of esters is 1. The van der Waals surface area contributed by atoms with Gasteiger partial charge in [0.05, 0.1) is 7.11 Å². The van der Waals surface area contributed by atoms with E-state index in [-0.39, 0.29) is 17.1 Å². The zero-order chi connectivity index (χ0) is 14.5. The van der Waals surface area contributed by atoms with Crippen LogP contribution in [-0.4, -0.2) is 18.9 Å². The summed E-state index contributed by atoms with van der Waals surface area (Å²) in [6.45, 7) is 0. The van der Waals surface area contributed by atoms with Gasteiger partial charge in [0, 0.05) is 5.56 Å². The Morgan fingerprint density at radius 3 is 2.75 bits per heavy atom. The summed E-state index contributed by atoms with van der Waals surface area (Å²) in [6.07, 6.45) is 2.65. The Labute approximate surface area is 114 Å². The van der Waals surface area contributed by atoms with Crippen LogP contribution in [0.15, 0.2) is 46.9 Å². The van der Waals surface area contributed by atoms with E-state index in [4.69, 9.17) is 4.42 Å². The van der Waals surface area contributed by atoms with Crippen molar-refractivity contribution in [2.45, 2.75) is 0 Å². The van der Waals surface area contributed by atoms with Crippen LogP contribution in [0.25, 0.3) is 6.08 Å². The number of hydrogen-bond donors (Lipinski definition) is 0. The number of carbonyl (C=O) groups is 2. The van der Waals surface area contributed by atoms with Crippen LogP contribution in [0.4, 0.5) is 4.39 Å². The fourth-order valence-corrected chi connectivity index (χ4v) is 1.55. The van der Waals surface area contributed by atoms with Gasteiger partial charge in [0.15, 0.2) is 5.78 Å². The van der Waals surface area contributed by atoms with Crippen LogP contribution in [0.1, 0.15) is 26.7 Å². The Balaban J connectivity index is 2.11. The predicted molar refractivity (Wildman–Crippen MR) is 69.8 cm³/mol. The third kappa shape index (κ3) is 3.20. The molecule has 0 aliphatic carbocycles. The van der Waals surface area contributed by atoms with Crippen LogP contribution >= 0.6 is 0 Å². The van der Waals surface area contributed by atoms with Crippen LogP contribution in [-0.2, 0) is 4.74 Å². The van der Waals surface area contributed by atoms with Crippen molar-refractivity contribution < 1.29 is 23.1 Å². The molecule has 4 nitrogen and oxygen atoms in total. The van der Waals surface area contributed by atoms with E-state index in [1.807, 2.05) is 0 Å². The number of carbonyl (C=O) groups excluding carboxylic acids is 2. The van der Waals surface area contributed by atoms with E-state index in [1.165, 1.54) is 49.6 Å². The topological polar surface area (TPSA) is 56.5 Å². The van der Waals surface area contributed by atoms with E-state index < -0.39 is 11.8 Å². The predicted octanol–water partition coefficient (Wildman–Crippen LogP) is 3.10. The maximum absolute atomic E-state index is 13.0. The van der Waals surface area contributed by atoms with Gasteiger partial charge in [0.25, 0.3) is 0 Å². The highest BCUT2D eigenvalue weighted by molar-refractivity contribution is 6.06. The van der Waals surface area contributed by atoms with Crippen molar-refractivity contribution in [1.82, 2.24) is 0 Å². The Morgan fingerprint density at radius 1 is 1.25 bits per heavy atom. The first kappa shape index (κ1) is 13.7. The Morgan fingerprint density at radius 2 is 2.05 bits per heavy atom. The molecule has 0 aliphatic heterocycles. The summed E-state index contributed by atoms with van der Waals surface area (Å²) in [5.74, 6) is -1.06. The summed E-state index contributed by atoms with van der Waals surface area (Å²) in [4.78, 5) is 23.0. The monoisotopic (exact) mass is 274 g/mol. The van der Waals surface area contributed by atoms with Gasteiger partial charge < -0.3 is 9.15 Å². The van der Waals surface area contributed by atoms with E-state index in [0.717, 1.165) is 6.07 Å². The van der Waals surface area contributed by atoms with Gasteiger partial charge in [-0.1, -0.05) is 12.1 Å². The van der Waals surface area contributed by atoms with Gasteiger partial charge in [-0.15, -0.1) is 0 Å². The minimum absolute atomic E-state index is 0.0466. The molecule has 0 N–H and O–H groups in total. The molecule has 0 atom stereocenters. The Kier molecular flexibility index (Phi) is 4.10. The second-order valence-electron chi connectivity index (χ2n) is 3.90. The smallest absolute Gasteiger partial charge is 0.373 e. The number of halogens is 1. The summed E-state index contributed by atoms with van der Waals surface area (Å²) < 4.78 is 22.6. The lowest BCUT2D eigenvalue weighted by Crippen LogP contribution is -1.98. The Hall–Kier alpha value is -2.69. The molecule has 2 rings (SSSR count). The molecule has 1 heterocycles. The van der Waals surface area contributed by atoms with E-state index >= 15 is 0 Å². The number of ketones is 1. The van der Waals surface area contributed by atoms with E-state index in [2.05, 4.69) is 4.74 Å². The first-order valence-corrected chi connectivity index (χ1v) is 5.76. The lowest BCUT2D eigenvalue weighted by Gasteiger charge is -1.95. The highest BCUT2D eigenvalue weighted by Gasteiger charge is 2.10. The number of allylic oxidation sites excluding steroid dienone is 1. The molecule has 0 spiro atoms. The van der Waals surface area contributed by atoms with Gasteiger partial charge in [-0.05, 0) is 36.4 Å². The number of furan rings is 1. The molecule has 0 amide bonds. The van der Waals surface area contributed by atoms with E-state index in [0.29, 0.717) is 5.76 Å². The zero-order valence-electron chi connectivity index (χ0n) is 10.6. The molecule has 102 valence electrons. The van der Waals surface area contributed by atoms with Crippen LogP contribution in [0.2, 0.25) is 0 Å². The lowest BCUT2D eigenvalue weighted by atomic mass is 10.1. The number of ether oxygens (including phenoxy) is 1. The maximum atomic E-state index is 13.0. The highest BCUT2D eigenvalue weighted by atomic mass is 19.1. The largest absolute Gasteiger partial charge is 0.463 e. The van der Waals surface area contributed by atoms with E-state index in [1.54, 1.807) is 0 Å². The lowest BCUT2D eigenvalue weighted by molar-refractivity contribution is 0.0564. The van der Waals surface area contributed by atoms with Crippen molar-refractivity contribution in [3.63, 3.8) is 0 Å². The van der Waals surface area contributed by atoms with Crippen LogP contribution in [0.5, 0.6) is 0 Å². The molecule has 0 aliphatic rings. The first-order valence-electron chi connectivity index (χ1n) is 5.76. The number of hydrogen-bond acceptors (Lipinski definition) is 4. The van der Waals surface area contributed by atoms with Crippen molar-refractivity contribution in [2.24, 2.45) is 0 Å². The number of rotatable bonds is 4. The molecule has 0 saturated heterocycles. The van der Waals surface area contributed by atoms with Crippen LogP contribution < -0.4 is 0 Å². The minimum atomic E-state index is -0.596. The fraction of sp³-hybridized carbons (Fsp3) is 0.0667. The van der Waals surface area contributed by atoms with E-state index in [9.17, 15) is 14.0 Å². The summed E-state index contributed by atoms with van der Waals surface area (Å²) in [6, 6.07) is 8.35. The van der Waals surface area contributed by atoms with Gasteiger partial charge in [-0.3, -0.25) is 4.79 Å².